The largest absolute Gasteiger partial charge is 0.379 e. The van der Waals surface area contributed by atoms with Gasteiger partial charge < -0.3 is 10.1 Å². The van der Waals surface area contributed by atoms with Crippen molar-refractivity contribution in [2.24, 2.45) is 0 Å². The molecule has 1 amide bonds. The van der Waals surface area contributed by atoms with Gasteiger partial charge in [-0.15, -0.1) is 0 Å². The number of nitrogens with one attached hydrogen (secondary N) is 1. The second kappa shape index (κ2) is 8.28. The predicted octanol–water partition coefficient (Wildman–Crippen LogP) is 2.30. The Morgan fingerprint density at radius 1 is 1.42 bits per heavy atom. The van der Waals surface area contributed by atoms with Crippen molar-refractivity contribution in [2.45, 2.75) is 32.8 Å². The van der Waals surface area contributed by atoms with Crippen LogP contribution in [-0.2, 0) is 11.2 Å². The molecule has 0 fully saturated rings. The first-order valence-corrected chi connectivity index (χ1v) is 6.49. The Hall–Kier alpha value is -1.86. The van der Waals surface area contributed by atoms with Crippen LogP contribution >= 0.6 is 0 Å². The lowest BCUT2D eigenvalue weighted by Gasteiger charge is -2.09. The molecule has 0 heterocycles. The third-order valence-corrected chi connectivity index (χ3v) is 2.59. The molecule has 0 aliphatic heterocycles. The first-order chi connectivity index (χ1) is 9.15. The number of carbonyl (C=O) groups is 1. The van der Waals surface area contributed by atoms with Crippen LogP contribution in [0.4, 0.5) is 0 Å². The van der Waals surface area contributed by atoms with Crippen LogP contribution in [0.15, 0.2) is 24.3 Å². The average Bonchev–Trinajstić information content (AvgIpc) is 2.39. The quantitative estimate of drug-likeness (QED) is 0.765. The van der Waals surface area contributed by atoms with Gasteiger partial charge in [0.2, 0.25) is 0 Å². The average molecular weight is 260 g/mol. The lowest BCUT2D eigenvalue weighted by molar-refractivity contribution is 0.0757. The third kappa shape index (κ3) is 5.54. The van der Waals surface area contributed by atoms with Gasteiger partial charge in [-0.2, -0.15) is 5.26 Å². The van der Waals surface area contributed by atoms with Crippen LogP contribution < -0.4 is 5.32 Å². The highest BCUT2D eigenvalue weighted by Crippen LogP contribution is 2.09. The summed E-state index contributed by atoms with van der Waals surface area (Å²) in [7, 11) is 0. The van der Waals surface area contributed by atoms with Gasteiger partial charge in [-0.1, -0.05) is 18.2 Å². The molecule has 102 valence electrons. The van der Waals surface area contributed by atoms with E-state index in [0.717, 1.165) is 12.0 Å². The van der Waals surface area contributed by atoms with Crippen molar-refractivity contribution in [1.82, 2.24) is 5.32 Å². The van der Waals surface area contributed by atoms with Gasteiger partial charge in [0, 0.05) is 18.7 Å². The number of hydrogen-bond donors (Lipinski definition) is 1. The molecule has 0 atom stereocenters. The molecule has 1 rings (SSSR count). The van der Waals surface area contributed by atoms with Gasteiger partial charge in [0.05, 0.1) is 18.6 Å². The van der Waals surface area contributed by atoms with Gasteiger partial charge >= 0.3 is 0 Å². The smallest absolute Gasteiger partial charge is 0.251 e. The molecule has 0 aromatic heterocycles. The number of amides is 1. The predicted molar refractivity (Wildman–Crippen MR) is 73.8 cm³/mol. The Balaban J connectivity index is 2.43. The highest BCUT2D eigenvalue weighted by atomic mass is 16.5. The summed E-state index contributed by atoms with van der Waals surface area (Å²) in [4.78, 5) is 12.0. The van der Waals surface area contributed by atoms with Crippen molar-refractivity contribution in [1.29, 1.82) is 5.26 Å². The number of benzene rings is 1. The van der Waals surface area contributed by atoms with Gasteiger partial charge in [-0.05, 0) is 31.9 Å². The van der Waals surface area contributed by atoms with Crippen LogP contribution in [0.5, 0.6) is 0 Å². The molecule has 0 radical (unpaired) electrons. The summed E-state index contributed by atoms with van der Waals surface area (Å²) in [6.45, 7) is 5.18. The van der Waals surface area contributed by atoms with Gasteiger partial charge in [-0.25, -0.2) is 0 Å². The summed E-state index contributed by atoms with van der Waals surface area (Å²) in [5, 5.41) is 11.6. The molecule has 1 N–H and O–H groups in total. The lowest BCUT2D eigenvalue weighted by Crippen LogP contribution is -2.26. The molecule has 0 aliphatic carbocycles. The summed E-state index contributed by atoms with van der Waals surface area (Å²) in [5.41, 5.74) is 1.34. The zero-order chi connectivity index (χ0) is 14.1. The highest BCUT2D eigenvalue weighted by molar-refractivity contribution is 5.95. The Kier molecular flexibility index (Phi) is 6.62. The van der Waals surface area contributed by atoms with Crippen molar-refractivity contribution in [3.8, 4) is 6.07 Å². The Bertz CT molecular complexity index is 450. The third-order valence-electron chi connectivity index (χ3n) is 2.59. The number of nitriles is 1. The molecule has 0 saturated heterocycles. The molecule has 1 aromatic carbocycles. The minimum atomic E-state index is -0.129. The maximum atomic E-state index is 12.0. The summed E-state index contributed by atoms with van der Waals surface area (Å²) in [5.74, 6) is -0.129. The topological polar surface area (TPSA) is 62.1 Å². The molecule has 0 unspecified atom stereocenters. The Labute approximate surface area is 114 Å². The summed E-state index contributed by atoms with van der Waals surface area (Å²) < 4.78 is 5.40. The molecule has 19 heavy (non-hydrogen) atoms. The molecule has 0 spiro atoms. The van der Waals surface area contributed by atoms with Crippen molar-refractivity contribution in [3.63, 3.8) is 0 Å². The fourth-order valence-electron chi connectivity index (χ4n) is 1.67. The number of rotatable bonds is 7. The molecule has 0 aliphatic rings. The van der Waals surface area contributed by atoms with E-state index in [-0.39, 0.29) is 18.4 Å². The molecule has 1 aromatic rings. The van der Waals surface area contributed by atoms with E-state index in [4.69, 9.17) is 10.00 Å². The minimum absolute atomic E-state index is 0.129. The van der Waals surface area contributed by atoms with Crippen LogP contribution in [0, 0.1) is 11.3 Å². The summed E-state index contributed by atoms with van der Waals surface area (Å²) in [6.07, 6.45) is 1.25. The van der Waals surface area contributed by atoms with Gasteiger partial charge in [0.15, 0.2) is 0 Å². The molecule has 4 heteroatoms. The molecule has 0 saturated carbocycles. The van der Waals surface area contributed by atoms with Gasteiger partial charge in [-0.3, -0.25) is 4.79 Å². The van der Waals surface area contributed by atoms with Crippen LogP contribution in [0.3, 0.4) is 0 Å². The molecule has 4 nitrogen and oxygen atoms in total. The highest BCUT2D eigenvalue weighted by Gasteiger charge is 2.09. The zero-order valence-corrected chi connectivity index (χ0v) is 11.5. The Morgan fingerprint density at radius 3 is 2.84 bits per heavy atom. The first kappa shape index (κ1) is 15.2. The van der Waals surface area contributed by atoms with E-state index in [2.05, 4.69) is 11.4 Å². The van der Waals surface area contributed by atoms with Crippen molar-refractivity contribution < 1.29 is 9.53 Å². The van der Waals surface area contributed by atoms with E-state index in [1.807, 2.05) is 19.9 Å². The second-order valence-corrected chi connectivity index (χ2v) is 4.52. The van der Waals surface area contributed by atoms with Crippen LogP contribution in [0.1, 0.15) is 36.2 Å². The monoisotopic (exact) mass is 260 g/mol. The van der Waals surface area contributed by atoms with Crippen molar-refractivity contribution in [3.05, 3.63) is 35.4 Å². The second-order valence-electron chi connectivity index (χ2n) is 4.52. The maximum absolute atomic E-state index is 12.0. The number of carbonyl (C=O) groups excluding carboxylic acids is 1. The van der Waals surface area contributed by atoms with E-state index < -0.39 is 0 Å². The maximum Gasteiger partial charge on any atom is 0.251 e. The summed E-state index contributed by atoms with van der Waals surface area (Å²) in [6, 6.07) is 9.25. The number of hydrogen-bond acceptors (Lipinski definition) is 3. The number of ether oxygens (including phenoxy) is 1. The van der Waals surface area contributed by atoms with Crippen molar-refractivity contribution in [2.75, 3.05) is 13.2 Å². The van der Waals surface area contributed by atoms with Crippen LogP contribution in [0.2, 0.25) is 0 Å². The summed E-state index contributed by atoms with van der Waals surface area (Å²) >= 11 is 0. The normalized spacial score (nSPS) is 10.2. The van der Waals surface area contributed by atoms with Crippen molar-refractivity contribution >= 4 is 5.91 Å². The van der Waals surface area contributed by atoms with E-state index in [1.165, 1.54) is 0 Å². The van der Waals surface area contributed by atoms with Crippen LogP contribution in [-0.4, -0.2) is 25.2 Å². The first-order valence-electron chi connectivity index (χ1n) is 6.49. The Morgan fingerprint density at radius 2 is 2.16 bits per heavy atom. The molecule has 0 bridgehead atoms. The van der Waals surface area contributed by atoms with Gasteiger partial charge in [0.25, 0.3) is 5.91 Å². The zero-order valence-electron chi connectivity index (χ0n) is 11.5. The standard InChI is InChI=1S/C15H20N2O2/c1-12(2)19-11-5-10-17-15(18)14-7-4-3-6-13(14)8-9-16/h3-4,6-7,12H,5,8,10-11H2,1-2H3,(H,17,18). The molecular weight excluding hydrogens is 240 g/mol. The van der Waals surface area contributed by atoms with E-state index >= 15 is 0 Å². The van der Waals surface area contributed by atoms with E-state index in [1.54, 1.807) is 18.2 Å². The van der Waals surface area contributed by atoms with Crippen LogP contribution in [0.25, 0.3) is 0 Å². The SMILES string of the molecule is CC(C)OCCCNC(=O)c1ccccc1CC#N. The minimum Gasteiger partial charge on any atom is -0.379 e. The lowest BCUT2D eigenvalue weighted by atomic mass is 10.0. The number of nitrogens with zero attached hydrogens (tertiary/aromatic N) is 1. The van der Waals surface area contributed by atoms with E-state index in [9.17, 15) is 4.79 Å². The van der Waals surface area contributed by atoms with Gasteiger partial charge in [0.1, 0.15) is 0 Å². The fraction of sp³-hybridized carbons (Fsp3) is 0.467. The fourth-order valence-corrected chi connectivity index (χ4v) is 1.67. The van der Waals surface area contributed by atoms with E-state index in [0.29, 0.717) is 18.7 Å². The molecular formula is C15H20N2O2.